The number of aliphatic carboxylic acids is 1. The summed E-state index contributed by atoms with van der Waals surface area (Å²) in [6, 6.07) is 0. The summed E-state index contributed by atoms with van der Waals surface area (Å²) in [5.74, 6) is -0.775. The lowest BCUT2D eigenvalue weighted by molar-refractivity contribution is -0.142. The molecule has 2 aliphatic rings. The van der Waals surface area contributed by atoms with Crippen LogP contribution in [0.3, 0.4) is 0 Å². The molecule has 0 aromatic rings. The van der Waals surface area contributed by atoms with Crippen LogP contribution in [0.1, 0.15) is 26.2 Å². The second-order valence-electron chi connectivity index (χ2n) is 5.29. The van der Waals surface area contributed by atoms with E-state index in [1.165, 1.54) is 4.31 Å². The van der Waals surface area contributed by atoms with Crippen LogP contribution in [-0.2, 0) is 14.8 Å². The van der Waals surface area contributed by atoms with Crippen molar-refractivity contribution >= 4 is 16.0 Å². The lowest BCUT2D eigenvalue weighted by Crippen LogP contribution is -2.32. The highest BCUT2D eigenvalue weighted by atomic mass is 32.2. The van der Waals surface area contributed by atoms with Gasteiger partial charge in [0, 0.05) is 13.1 Å². The zero-order valence-corrected chi connectivity index (χ0v) is 10.8. The van der Waals surface area contributed by atoms with Crippen molar-refractivity contribution in [3.8, 4) is 0 Å². The Morgan fingerprint density at radius 2 is 2.00 bits per heavy atom. The predicted molar refractivity (Wildman–Crippen MR) is 63.0 cm³/mol. The van der Waals surface area contributed by atoms with E-state index in [-0.39, 0.29) is 18.2 Å². The van der Waals surface area contributed by atoms with Crippen molar-refractivity contribution in [1.29, 1.82) is 0 Å². The summed E-state index contributed by atoms with van der Waals surface area (Å²) < 4.78 is 25.4. The number of sulfonamides is 1. The Morgan fingerprint density at radius 3 is 2.47 bits per heavy atom. The van der Waals surface area contributed by atoms with Crippen LogP contribution < -0.4 is 0 Å². The first kappa shape index (κ1) is 12.8. The molecular formula is C11H19NO4S. The lowest BCUT2D eigenvalue weighted by Gasteiger charge is -2.15. The fraction of sp³-hybridized carbons (Fsp3) is 0.909. The summed E-state index contributed by atoms with van der Waals surface area (Å²) in [4.78, 5) is 10.9. The molecule has 2 rings (SSSR count). The van der Waals surface area contributed by atoms with Crippen LogP contribution in [0.2, 0.25) is 0 Å². The molecule has 0 aromatic heterocycles. The zero-order chi connectivity index (χ0) is 12.6. The van der Waals surface area contributed by atoms with Crippen molar-refractivity contribution in [3.63, 3.8) is 0 Å². The van der Waals surface area contributed by atoms with Crippen LogP contribution in [0.25, 0.3) is 0 Å². The van der Waals surface area contributed by atoms with Gasteiger partial charge in [-0.3, -0.25) is 4.79 Å². The van der Waals surface area contributed by atoms with Crippen LogP contribution in [0.4, 0.5) is 0 Å². The van der Waals surface area contributed by atoms with Crippen LogP contribution >= 0.6 is 0 Å². The van der Waals surface area contributed by atoms with E-state index in [9.17, 15) is 13.2 Å². The highest BCUT2D eigenvalue weighted by molar-refractivity contribution is 7.89. The maximum absolute atomic E-state index is 12.0. The van der Waals surface area contributed by atoms with Gasteiger partial charge < -0.3 is 5.11 Å². The molecule has 2 fully saturated rings. The van der Waals surface area contributed by atoms with Gasteiger partial charge in [-0.05, 0) is 18.3 Å². The molecule has 0 amide bonds. The molecule has 0 unspecified atom stereocenters. The molecule has 0 bridgehead atoms. The summed E-state index contributed by atoms with van der Waals surface area (Å²) in [7, 11) is -3.24. The van der Waals surface area contributed by atoms with Crippen molar-refractivity contribution in [2.75, 3.05) is 18.8 Å². The summed E-state index contributed by atoms with van der Waals surface area (Å²) in [5.41, 5.74) is 0. The van der Waals surface area contributed by atoms with E-state index >= 15 is 0 Å². The van der Waals surface area contributed by atoms with Gasteiger partial charge in [-0.2, -0.15) is 0 Å². The van der Waals surface area contributed by atoms with Gasteiger partial charge in [0.2, 0.25) is 10.0 Å². The Bertz CT molecular complexity index is 402. The molecule has 5 nitrogen and oxygen atoms in total. The van der Waals surface area contributed by atoms with E-state index in [4.69, 9.17) is 5.11 Å². The molecule has 1 heterocycles. The fourth-order valence-electron chi connectivity index (χ4n) is 2.32. The van der Waals surface area contributed by atoms with E-state index < -0.39 is 21.9 Å². The molecule has 1 N–H and O–H groups in total. The highest BCUT2D eigenvalue weighted by Gasteiger charge is 2.40. The number of carbonyl (C=O) groups is 1. The average molecular weight is 261 g/mol. The van der Waals surface area contributed by atoms with E-state index in [0.717, 1.165) is 19.3 Å². The minimum atomic E-state index is -3.24. The molecule has 1 aliphatic carbocycles. The maximum Gasteiger partial charge on any atom is 0.308 e. The quantitative estimate of drug-likeness (QED) is 0.793. The Morgan fingerprint density at radius 1 is 1.35 bits per heavy atom. The number of hydrogen-bond donors (Lipinski definition) is 1. The van der Waals surface area contributed by atoms with Crippen molar-refractivity contribution in [2.24, 2.45) is 17.8 Å². The molecule has 98 valence electrons. The number of carboxylic acids is 1. The first-order valence-corrected chi connectivity index (χ1v) is 7.71. The molecule has 0 spiro atoms. The molecular weight excluding hydrogens is 242 g/mol. The summed E-state index contributed by atoms with van der Waals surface area (Å²) in [5, 5.41) is 8.97. The molecule has 0 aromatic carbocycles. The normalized spacial score (nSPS) is 30.6. The average Bonchev–Trinajstić information content (AvgIpc) is 2.97. The second-order valence-corrected chi connectivity index (χ2v) is 7.38. The topological polar surface area (TPSA) is 74.7 Å². The Labute approximate surface area is 102 Å². The minimum Gasteiger partial charge on any atom is -0.481 e. The molecule has 6 heteroatoms. The molecule has 1 saturated carbocycles. The Kier molecular flexibility index (Phi) is 3.45. The monoisotopic (exact) mass is 261 g/mol. The van der Waals surface area contributed by atoms with Gasteiger partial charge in [0.1, 0.15) is 0 Å². The van der Waals surface area contributed by atoms with E-state index in [1.54, 1.807) is 6.92 Å². The largest absolute Gasteiger partial charge is 0.481 e. The maximum atomic E-state index is 12.0. The summed E-state index contributed by atoms with van der Waals surface area (Å²) >= 11 is 0. The highest BCUT2D eigenvalue weighted by Crippen LogP contribution is 2.33. The smallest absolute Gasteiger partial charge is 0.308 e. The molecule has 17 heavy (non-hydrogen) atoms. The number of nitrogens with zero attached hydrogens (tertiary/aromatic N) is 1. The third-order valence-electron chi connectivity index (χ3n) is 3.77. The van der Waals surface area contributed by atoms with Crippen molar-refractivity contribution in [1.82, 2.24) is 4.31 Å². The first-order valence-electron chi connectivity index (χ1n) is 6.11. The number of carboxylic acid groups (broad SMARTS) is 1. The SMILES string of the molecule is C[C@@H]1CN(S(=O)(=O)CCC2CC2)C[C@H]1C(=O)O. The van der Waals surface area contributed by atoms with Gasteiger partial charge in [0.15, 0.2) is 0 Å². The molecule has 1 saturated heterocycles. The standard InChI is InChI=1S/C11H19NO4S/c1-8-6-12(7-10(8)11(13)14)17(15,16)5-4-9-2-3-9/h8-10H,2-7H2,1H3,(H,13,14)/t8-,10-/m1/s1. The fourth-order valence-corrected chi connectivity index (χ4v) is 4.06. The van der Waals surface area contributed by atoms with Gasteiger partial charge in [0.25, 0.3) is 0 Å². The Hall–Kier alpha value is -0.620. The molecule has 0 radical (unpaired) electrons. The van der Waals surface area contributed by atoms with Crippen molar-refractivity contribution in [2.45, 2.75) is 26.2 Å². The van der Waals surface area contributed by atoms with Crippen LogP contribution in [0, 0.1) is 17.8 Å². The lowest BCUT2D eigenvalue weighted by atomic mass is 9.99. The number of rotatable bonds is 5. The van der Waals surface area contributed by atoms with Crippen LogP contribution in [0.15, 0.2) is 0 Å². The van der Waals surface area contributed by atoms with Gasteiger partial charge >= 0.3 is 5.97 Å². The van der Waals surface area contributed by atoms with Gasteiger partial charge in [0.05, 0.1) is 11.7 Å². The predicted octanol–water partition coefficient (Wildman–Crippen LogP) is 0.769. The zero-order valence-electron chi connectivity index (χ0n) is 10.0. The Balaban J connectivity index is 1.95. The molecule has 2 atom stereocenters. The first-order chi connectivity index (χ1) is 7.90. The van der Waals surface area contributed by atoms with Gasteiger partial charge in [-0.25, -0.2) is 12.7 Å². The van der Waals surface area contributed by atoms with Gasteiger partial charge in [-0.15, -0.1) is 0 Å². The van der Waals surface area contributed by atoms with E-state index in [0.29, 0.717) is 12.5 Å². The van der Waals surface area contributed by atoms with E-state index in [1.807, 2.05) is 0 Å². The summed E-state index contributed by atoms with van der Waals surface area (Å²) in [6.45, 7) is 2.29. The van der Waals surface area contributed by atoms with Crippen LogP contribution in [0.5, 0.6) is 0 Å². The van der Waals surface area contributed by atoms with Crippen LogP contribution in [-0.4, -0.2) is 42.6 Å². The van der Waals surface area contributed by atoms with Crippen molar-refractivity contribution < 1.29 is 18.3 Å². The third-order valence-corrected chi connectivity index (χ3v) is 5.61. The second kappa shape index (κ2) is 4.57. The van der Waals surface area contributed by atoms with E-state index in [2.05, 4.69) is 0 Å². The van der Waals surface area contributed by atoms with Gasteiger partial charge in [-0.1, -0.05) is 19.8 Å². The third kappa shape index (κ3) is 2.98. The van der Waals surface area contributed by atoms with Crippen molar-refractivity contribution in [3.05, 3.63) is 0 Å². The summed E-state index contributed by atoms with van der Waals surface area (Å²) in [6.07, 6.45) is 3.01. The number of hydrogen-bond acceptors (Lipinski definition) is 3. The molecule has 1 aliphatic heterocycles. The minimum absolute atomic E-state index is 0.0943.